The van der Waals surface area contributed by atoms with Crippen LogP contribution in [0.4, 0.5) is 8.78 Å². The smallest absolute Gasteiger partial charge is 0.387 e. The average molecular weight is 432 g/mol. The van der Waals surface area contributed by atoms with Crippen LogP contribution in [0.5, 0.6) is 11.5 Å². The van der Waals surface area contributed by atoms with Crippen LogP contribution >= 0.6 is 0 Å². The van der Waals surface area contributed by atoms with E-state index in [1.54, 1.807) is 20.8 Å². The molecule has 0 aliphatic heterocycles. The number of carbonyl (C=O) groups is 1. The molecule has 0 spiro atoms. The molecule has 1 heterocycles. The summed E-state index contributed by atoms with van der Waals surface area (Å²) in [6, 6.07) is 6.63. The van der Waals surface area contributed by atoms with Crippen LogP contribution in [0.1, 0.15) is 36.9 Å². The Hall–Kier alpha value is -2.66. The van der Waals surface area contributed by atoms with Crippen molar-refractivity contribution in [3.63, 3.8) is 0 Å². The van der Waals surface area contributed by atoms with Crippen molar-refractivity contribution in [1.82, 2.24) is 10.0 Å². The number of nitrogens with one attached hydrogen (secondary N) is 2. The number of ether oxygens (including phenoxy) is 2. The van der Waals surface area contributed by atoms with Gasteiger partial charge in [0.15, 0.2) is 17.3 Å². The molecule has 0 unspecified atom stereocenters. The number of sulfonamides is 1. The molecule has 0 fully saturated rings. The normalized spacial score (nSPS) is 12.1. The fraction of sp³-hybridized carbons (Fsp3) is 0.389. The molecule has 0 saturated heterocycles. The molecule has 8 nitrogen and oxygen atoms in total. The predicted octanol–water partition coefficient (Wildman–Crippen LogP) is 2.90. The third-order valence-corrected chi connectivity index (χ3v) is 5.04. The standard InChI is InChI=1S/C18H22F2N2O6S/c1-18(2,3)22-29(24,25)15-8-7-13(27-15)16(23)21-10-11-5-6-12(28-17(19)20)14(9-11)26-4/h5-9,17,22H,10H2,1-4H3,(H,21,23). The summed E-state index contributed by atoms with van der Waals surface area (Å²) in [5, 5.41) is 2.17. The van der Waals surface area contributed by atoms with Gasteiger partial charge in [0.1, 0.15) is 0 Å². The van der Waals surface area contributed by atoms with E-state index < -0.39 is 28.1 Å². The van der Waals surface area contributed by atoms with Gasteiger partial charge in [-0.2, -0.15) is 8.78 Å². The monoisotopic (exact) mass is 432 g/mol. The lowest BCUT2D eigenvalue weighted by Gasteiger charge is -2.18. The van der Waals surface area contributed by atoms with Gasteiger partial charge in [0.05, 0.1) is 7.11 Å². The summed E-state index contributed by atoms with van der Waals surface area (Å²) in [4.78, 5) is 12.2. The van der Waals surface area contributed by atoms with Gasteiger partial charge >= 0.3 is 6.61 Å². The van der Waals surface area contributed by atoms with Gasteiger partial charge in [0.2, 0.25) is 5.09 Å². The molecule has 1 aromatic carbocycles. The lowest BCUT2D eigenvalue weighted by Crippen LogP contribution is -2.40. The van der Waals surface area contributed by atoms with Crippen LogP contribution in [0.15, 0.2) is 39.8 Å². The zero-order valence-corrected chi connectivity index (χ0v) is 17.1. The van der Waals surface area contributed by atoms with Gasteiger partial charge in [-0.25, -0.2) is 13.1 Å². The van der Waals surface area contributed by atoms with Crippen molar-refractivity contribution in [2.75, 3.05) is 7.11 Å². The summed E-state index contributed by atoms with van der Waals surface area (Å²) in [6.07, 6.45) is 0. The van der Waals surface area contributed by atoms with Crippen molar-refractivity contribution in [3.05, 3.63) is 41.7 Å². The number of hydrogen-bond donors (Lipinski definition) is 2. The highest BCUT2D eigenvalue weighted by Gasteiger charge is 2.26. The number of benzene rings is 1. The van der Waals surface area contributed by atoms with E-state index >= 15 is 0 Å². The molecule has 2 N–H and O–H groups in total. The Bertz CT molecular complexity index is 967. The van der Waals surface area contributed by atoms with Gasteiger partial charge in [0, 0.05) is 12.1 Å². The molecule has 1 amide bonds. The number of rotatable bonds is 8. The van der Waals surface area contributed by atoms with Crippen LogP contribution in [-0.2, 0) is 16.6 Å². The first-order valence-electron chi connectivity index (χ1n) is 8.45. The molecule has 0 bridgehead atoms. The summed E-state index contributed by atoms with van der Waals surface area (Å²) in [6.45, 7) is 2.05. The van der Waals surface area contributed by atoms with E-state index in [1.165, 1.54) is 37.4 Å². The molecule has 11 heteroatoms. The lowest BCUT2D eigenvalue weighted by atomic mass is 10.1. The van der Waals surface area contributed by atoms with Crippen molar-refractivity contribution in [2.45, 2.75) is 44.6 Å². The van der Waals surface area contributed by atoms with E-state index in [1.807, 2.05) is 0 Å². The van der Waals surface area contributed by atoms with Gasteiger partial charge in [0.25, 0.3) is 15.9 Å². The highest BCUT2D eigenvalue weighted by molar-refractivity contribution is 7.89. The molecule has 1 aromatic heterocycles. The Morgan fingerprint density at radius 3 is 2.45 bits per heavy atom. The fourth-order valence-corrected chi connectivity index (χ4v) is 3.68. The molecule has 0 atom stereocenters. The van der Waals surface area contributed by atoms with Crippen LogP contribution in [0.2, 0.25) is 0 Å². The van der Waals surface area contributed by atoms with Crippen molar-refractivity contribution in [2.24, 2.45) is 0 Å². The second-order valence-electron chi connectivity index (χ2n) is 7.02. The maximum Gasteiger partial charge on any atom is 0.387 e. The first-order valence-corrected chi connectivity index (χ1v) is 9.93. The van der Waals surface area contributed by atoms with E-state index in [0.717, 1.165) is 0 Å². The molecule has 2 rings (SSSR count). The molecule has 160 valence electrons. The van der Waals surface area contributed by atoms with Crippen LogP contribution in [0, 0.1) is 0 Å². The van der Waals surface area contributed by atoms with E-state index in [9.17, 15) is 22.0 Å². The second kappa shape index (κ2) is 8.78. The maximum atomic E-state index is 12.4. The predicted molar refractivity (Wildman–Crippen MR) is 99.6 cm³/mol. The van der Waals surface area contributed by atoms with E-state index in [0.29, 0.717) is 5.56 Å². The third-order valence-electron chi connectivity index (χ3n) is 3.41. The topological polar surface area (TPSA) is 107 Å². The Morgan fingerprint density at radius 2 is 1.86 bits per heavy atom. The minimum Gasteiger partial charge on any atom is -0.493 e. The van der Waals surface area contributed by atoms with Gasteiger partial charge in [-0.05, 0) is 50.6 Å². The first kappa shape index (κ1) is 22.6. The third kappa shape index (κ3) is 6.43. The molecule has 2 aromatic rings. The van der Waals surface area contributed by atoms with Crippen LogP contribution < -0.4 is 19.5 Å². The Balaban J connectivity index is 2.06. The van der Waals surface area contributed by atoms with Crippen molar-refractivity contribution < 1.29 is 35.9 Å². The SMILES string of the molecule is COc1cc(CNC(=O)c2ccc(S(=O)(=O)NC(C)(C)C)o2)ccc1OC(F)F. The average Bonchev–Trinajstić information content (AvgIpc) is 3.09. The number of halogens is 2. The minimum absolute atomic E-state index is 0.0210. The zero-order valence-electron chi connectivity index (χ0n) is 16.3. The van der Waals surface area contributed by atoms with E-state index in [4.69, 9.17) is 9.15 Å². The number of amides is 1. The number of methoxy groups -OCH3 is 1. The highest BCUT2D eigenvalue weighted by Crippen LogP contribution is 2.29. The molecule has 0 aliphatic carbocycles. The van der Waals surface area contributed by atoms with Crippen LogP contribution in [-0.4, -0.2) is 33.6 Å². The maximum absolute atomic E-state index is 12.4. The number of alkyl halides is 2. The van der Waals surface area contributed by atoms with Crippen molar-refractivity contribution in [1.29, 1.82) is 0 Å². The molecule has 0 radical (unpaired) electrons. The summed E-state index contributed by atoms with van der Waals surface area (Å²) < 4.78 is 66.1. The number of furan rings is 1. The number of carbonyl (C=O) groups excluding carboxylic acids is 1. The zero-order chi connectivity index (χ0) is 21.8. The summed E-state index contributed by atoms with van der Waals surface area (Å²) in [5.41, 5.74) is -0.168. The lowest BCUT2D eigenvalue weighted by molar-refractivity contribution is -0.0512. The second-order valence-corrected chi connectivity index (χ2v) is 8.63. The van der Waals surface area contributed by atoms with Gasteiger partial charge in [-0.15, -0.1) is 0 Å². The first-order chi connectivity index (χ1) is 13.4. The highest BCUT2D eigenvalue weighted by atomic mass is 32.2. The largest absolute Gasteiger partial charge is 0.493 e. The van der Waals surface area contributed by atoms with Gasteiger partial charge < -0.3 is 19.2 Å². The van der Waals surface area contributed by atoms with Crippen LogP contribution in [0.3, 0.4) is 0 Å². The number of hydrogen-bond acceptors (Lipinski definition) is 6. The van der Waals surface area contributed by atoms with Crippen molar-refractivity contribution >= 4 is 15.9 Å². The Labute approximate surface area is 167 Å². The van der Waals surface area contributed by atoms with E-state index in [-0.39, 0.29) is 28.9 Å². The molecular weight excluding hydrogens is 410 g/mol. The summed E-state index contributed by atoms with van der Waals surface area (Å²) in [7, 11) is -2.61. The Morgan fingerprint density at radius 1 is 1.17 bits per heavy atom. The molecule has 29 heavy (non-hydrogen) atoms. The summed E-state index contributed by atoms with van der Waals surface area (Å²) >= 11 is 0. The summed E-state index contributed by atoms with van der Waals surface area (Å²) in [5.74, 6) is -0.889. The molecular formula is C18H22F2N2O6S. The minimum atomic E-state index is -3.91. The van der Waals surface area contributed by atoms with E-state index in [2.05, 4.69) is 14.8 Å². The quantitative estimate of drug-likeness (QED) is 0.664. The van der Waals surface area contributed by atoms with Gasteiger partial charge in [-0.3, -0.25) is 4.79 Å². The van der Waals surface area contributed by atoms with Gasteiger partial charge in [-0.1, -0.05) is 6.07 Å². The van der Waals surface area contributed by atoms with Crippen LogP contribution in [0.25, 0.3) is 0 Å². The molecule has 0 saturated carbocycles. The van der Waals surface area contributed by atoms with Crippen molar-refractivity contribution in [3.8, 4) is 11.5 Å². The fourth-order valence-electron chi connectivity index (χ4n) is 2.32. The molecule has 0 aliphatic rings. The Kier molecular flexibility index (Phi) is 6.85.